The molecule has 84 valence electrons. The Morgan fingerprint density at radius 1 is 1.33 bits per heavy atom. The summed E-state index contributed by atoms with van der Waals surface area (Å²) in [6.07, 6.45) is 0. The summed E-state index contributed by atoms with van der Waals surface area (Å²) in [5.41, 5.74) is 1.08. The molecule has 1 aromatic rings. The lowest BCUT2D eigenvalue weighted by atomic mass is 9.97. The third-order valence-corrected chi connectivity index (χ3v) is 2.25. The molecule has 0 unspecified atom stereocenters. The normalized spacial score (nSPS) is 11.7. The Labute approximate surface area is 96.3 Å². The van der Waals surface area contributed by atoms with E-state index in [0.717, 1.165) is 12.1 Å². The van der Waals surface area contributed by atoms with Crippen LogP contribution in [0.1, 0.15) is 26.3 Å². The summed E-state index contributed by atoms with van der Waals surface area (Å²) < 4.78 is 0. The van der Waals surface area contributed by atoms with Crippen LogP contribution in [0, 0.1) is 5.41 Å². The van der Waals surface area contributed by atoms with E-state index in [9.17, 15) is 5.11 Å². The third-order valence-electron chi connectivity index (χ3n) is 2.01. The number of rotatable bonds is 3. The van der Waals surface area contributed by atoms with E-state index in [4.69, 9.17) is 11.6 Å². The van der Waals surface area contributed by atoms with Gasteiger partial charge in [-0.05, 0) is 23.6 Å². The molecule has 0 heterocycles. The van der Waals surface area contributed by atoms with Crippen molar-refractivity contribution < 1.29 is 5.11 Å². The van der Waals surface area contributed by atoms with Crippen molar-refractivity contribution in [3.8, 4) is 5.75 Å². The second kappa shape index (κ2) is 4.86. The van der Waals surface area contributed by atoms with E-state index >= 15 is 0 Å². The zero-order valence-electron chi connectivity index (χ0n) is 9.47. The maximum absolute atomic E-state index is 9.57. The highest BCUT2D eigenvalue weighted by molar-refractivity contribution is 6.30. The van der Waals surface area contributed by atoms with Gasteiger partial charge >= 0.3 is 0 Å². The number of phenols is 1. The van der Waals surface area contributed by atoms with E-state index in [1.165, 1.54) is 0 Å². The van der Waals surface area contributed by atoms with Crippen LogP contribution in [0.4, 0.5) is 0 Å². The molecule has 0 fully saturated rings. The molecule has 0 saturated carbocycles. The molecule has 2 nitrogen and oxygen atoms in total. The minimum atomic E-state index is 0.244. The van der Waals surface area contributed by atoms with Crippen molar-refractivity contribution in [3.63, 3.8) is 0 Å². The first-order valence-electron chi connectivity index (χ1n) is 5.06. The van der Waals surface area contributed by atoms with E-state index in [0.29, 0.717) is 17.3 Å². The summed E-state index contributed by atoms with van der Waals surface area (Å²) in [6.45, 7) is 8.04. The molecule has 0 radical (unpaired) electrons. The average Bonchev–Trinajstić information content (AvgIpc) is 2.09. The standard InChI is InChI=1S/C12H18ClNO/c1-12(2,3)8-14-7-9-6-10(13)4-5-11(9)15/h4-6,14-15H,7-8H2,1-3H3. The van der Waals surface area contributed by atoms with Crippen LogP contribution in [0.3, 0.4) is 0 Å². The largest absolute Gasteiger partial charge is 0.508 e. The van der Waals surface area contributed by atoms with Crippen LogP contribution in [0.25, 0.3) is 0 Å². The van der Waals surface area contributed by atoms with Gasteiger partial charge in [0.25, 0.3) is 0 Å². The SMILES string of the molecule is CC(C)(C)CNCc1cc(Cl)ccc1O. The quantitative estimate of drug-likeness (QED) is 0.832. The van der Waals surface area contributed by atoms with Gasteiger partial charge in [-0.2, -0.15) is 0 Å². The Morgan fingerprint density at radius 2 is 2.00 bits per heavy atom. The lowest BCUT2D eigenvalue weighted by Gasteiger charge is -2.19. The molecule has 0 spiro atoms. The monoisotopic (exact) mass is 227 g/mol. The highest BCUT2D eigenvalue weighted by Gasteiger charge is 2.09. The van der Waals surface area contributed by atoms with Crippen molar-refractivity contribution in [3.05, 3.63) is 28.8 Å². The summed E-state index contributed by atoms with van der Waals surface area (Å²) in [5.74, 6) is 0.292. The number of hydrogen-bond acceptors (Lipinski definition) is 2. The van der Waals surface area contributed by atoms with Crippen molar-refractivity contribution in [2.45, 2.75) is 27.3 Å². The molecule has 0 atom stereocenters. The highest BCUT2D eigenvalue weighted by Crippen LogP contribution is 2.21. The molecule has 1 rings (SSSR count). The molecule has 3 heteroatoms. The van der Waals surface area contributed by atoms with Gasteiger partial charge in [0.05, 0.1) is 0 Å². The molecule has 0 bridgehead atoms. The predicted octanol–water partition coefficient (Wildman–Crippen LogP) is 3.18. The second-order valence-corrected chi connectivity index (χ2v) is 5.37. The van der Waals surface area contributed by atoms with Gasteiger partial charge in [0.15, 0.2) is 0 Å². The Hall–Kier alpha value is -0.730. The molecule has 0 aromatic heterocycles. The van der Waals surface area contributed by atoms with Crippen molar-refractivity contribution in [2.24, 2.45) is 5.41 Å². The Morgan fingerprint density at radius 3 is 2.60 bits per heavy atom. The maximum Gasteiger partial charge on any atom is 0.120 e. The van der Waals surface area contributed by atoms with Crippen LogP contribution >= 0.6 is 11.6 Å². The van der Waals surface area contributed by atoms with Gasteiger partial charge in [-0.15, -0.1) is 0 Å². The molecular weight excluding hydrogens is 210 g/mol. The van der Waals surface area contributed by atoms with Crippen LogP contribution in [0.5, 0.6) is 5.75 Å². The molecule has 1 aromatic carbocycles. The fraction of sp³-hybridized carbons (Fsp3) is 0.500. The average molecular weight is 228 g/mol. The minimum Gasteiger partial charge on any atom is -0.508 e. The van der Waals surface area contributed by atoms with Crippen LogP contribution in [-0.4, -0.2) is 11.7 Å². The molecule has 0 amide bonds. The van der Waals surface area contributed by atoms with Crippen LogP contribution in [-0.2, 0) is 6.54 Å². The van der Waals surface area contributed by atoms with Crippen molar-refractivity contribution >= 4 is 11.6 Å². The number of phenolic OH excluding ortho intramolecular Hbond substituents is 1. The molecule has 0 aliphatic heterocycles. The molecule has 0 saturated heterocycles. The Kier molecular flexibility index (Phi) is 4.00. The Balaban J connectivity index is 2.54. The summed E-state index contributed by atoms with van der Waals surface area (Å²) in [7, 11) is 0. The van der Waals surface area contributed by atoms with Crippen molar-refractivity contribution in [1.82, 2.24) is 5.32 Å². The van der Waals surface area contributed by atoms with Gasteiger partial charge in [0.1, 0.15) is 5.75 Å². The lowest BCUT2D eigenvalue weighted by Crippen LogP contribution is -2.26. The number of hydrogen-bond donors (Lipinski definition) is 2. The highest BCUT2D eigenvalue weighted by atomic mass is 35.5. The van der Waals surface area contributed by atoms with Crippen LogP contribution < -0.4 is 5.32 Å². The molecular formula is C12H18ClNO. The number of halogens is 1. The number of nitrogens with one attached hydrogen (secondary N) is 1. The topological polar surface area (TPSA) is 32.3 Å². The molecule has 2 N–H and O–H groups in total. The molecule has 15 heavy (non-hydrogen) atoms. The van der Waals surface area contributed by atoms with Gasteiger partial charge in [-0.3, -0.25) is 0 Å². The fourth-order valence-corrected chi connectivity index (χ4v) is 1.46. The number of benzene rings is 1. The second-order valence-electron chi connectivity index (χ2n) is 4.94. The Bertz CT molecular complexity index is 331. The van der Waals surface area contributed by atoms with Crippen molar-refractivity contribution in [1.29, 1.82) is 0 Å². The first kappa shape index (κ1) is 12.3. The van der Waals surface area contributed by atoms with Gasteiger partial charge in [-0.25, -0.2) is 0 Å². The maximum atomic E-state index is 9.57. The first-order chi connectivity index (χ1) is 6.88. The van der Waals surface area contributed by atoms with E-state index in [-0.39, 0.29) is 5.41 Å². The third kappa shape index (κ3) is 4.54. The van der Waals surface area contributed by atoms with Gasteiger partial charge in [-0.1, -0.05) is 32.4 Å². The van der Waals surface area contributed by atoms with E-state index in [1.807, 2.05) is 0 Å². The van der Waals surface area contributed by atoms with Crippen LogP contribution in [0.15, 0.2) is 18.2 Å². The smallest absolute Gasteiger partial charge is 0.120 e. The summed E-state index contributed by atoms with van der Waals surface area (Å²) in [4.78, 5) is 0. The summed E-state index contributed by atoms with van der Waals surface area (Å²) in [6, 6.07) is 5.09. The van der Waals surface area contributed by atoms with Gasteiger partial charge in [0, 0.05) is 23.7 Å². The molecule has 0 aliphatic rings. The fourth-order valence-electron chi connectivity index (χ4n) is 1.27. The van der Waals surface area contributed by atoms with E-state index < -0.39 is 0 Å². The lowest BCUT2D eigenvalue weighted by molar-refractivity contribution is 0.376. The first-order valence-corrected chi connectivity index (χ1v) is 5.44. The summed E-state index contributed by atoms with van der Waals surface area (Å²) in [5, 5.41) is 13.5. The van der Waals surface area contributed by atoms with E-state index in [1.54, 1.807) is 18.2 Å². The molecule has 0 aliphatic carbocycles. The minimum absolute atomic E-state index is 0.244. The van der Waals surface area contributed by atoms with Crippen molar-refractivity contribution in [2.75, 3.05) is 6.54 Å². The zero-order chi connectivity index (χ0) is 11.5. The zero-order valence-corrected chi connectivity index (χ0v) is 10.2. The predicted molar refractivity (Wildman–Crippen MR) is 64.3 cm³/mol. The van der Waals surface area contributed by atoms with Gasteiger partial charge < -0.3 is 10.4 Å². The summed E-state index contributed by atoms with van der Waals surface area (Å²) >= 11 is 5.85. The van der Waals surface area contributed by atoms with Crippen LogP contribution in [0.2, 0.25) is 5.02 Å². The van der Waals surface area contributed by atoms with Gasteiger partial charge in [0.2, 0.25) is 0 Å². The number of aromatic hydroxyl groups is 1. The van der Waals surface area contributed by atoms with E-state index in [2.05, 4.69) is 26.1 Å².